The molecule has 0 radical (unpaired) electrons. The summed E-state index contributed by atoms with van der Waals surface area (Å²) in [5.41, 5.74) is 1.79. The highest BCUT2D eigenvalue weighted by molar-refractivity contribution is 7.89. The minimum Gasteiger partial charge on any atom is -0.342 e. The predicted molar refractivity (Wildman–Crippen MR) is 126 cm³/mol. The molecule has 0 spiro atoms. The van der Waals surface area contributed by atoms with E-state index in [0.29, 0.717) is 43.2 Å². The molecule has 3 fully saturated rings. The Morgan fingerprint density at radius 1 is 0.848 bits per heavy atom. The number of piperidine rings is 2. The first-order valence-electron chi connectivity index (χ1n) is 12.5. The summed E-state index contributed by atoms with van der Waals surface area (Å²) in [7, 11) is -3.62. The molecule has 0 bridgehead atoms. The highest BCUT2D eigenvalue weighted by Crippen LogP contribution is 2.40. The normalized spacial score (nSPS) is 25.3. The molecule has 2 amide bonds. The number of benzene rings is 1. The van der Waals surface area contributed by atoms with Gasteiger partial charge in [-0.3, -0.25) is 9.59 Å². The second-order valence-corrected chi connectivity index (χ2v) is 12.5. The zero-order valence-electron chi connectivity index (χ0n) is 19.7. The molecule has 5 rings (SSSR count). The lowest BCUT2D eigenvalue weighted by molar-refractivity contribution is -0.138. The van der Waals surface area contributed by atoms with Gasteiger partial charge in [0.15, 0.2) is 0 Å². The van der Waals surface area contributed by atoms with Gasteiger partial charge in [0.1, 0.15) is 0 Å². The van der Waals surface area contributed by atoms with Crippen molar-refractivity contribution in [1.82, 2.24) is 9.21 Å². The predicted octanol–water partition coefficient (Wildman–Crippen LogP) is 3.03. The Kier molecular flexibility index (Phi) is 6.02. The SMILES string of the molecule is CC1CCN(C(=O)C2CCN(S(=O)(=O)c3ccc4c(c3)C[C@@H](C)N4C(=O)C3CC3)CC2)CC1. The number of rotatable bonds is 4. The molecule has 1 aliphatic carbocycles. The Morgan fingerprint density at radius 3 is 2.12 bits per heavy atom. The van der Waals surface area contributed by atoms with Crippen LogP contribution in [-0.2, 0) is 26.0 Å². The lowest BCUT2D eigenvalue weighted by Crippen LogP contribution is -2.46. The summed E-state index contributed by atoms with van der Waals surface area (Å²) in [5, 5.41) is 0. The second kappa shape index (κ2) is 8.69. The lowest BCUT2D eigenvalue weighted by atomic mass is 9.93. The fourth-order valence-electron chi connectivity index (χ4n) is 5.61. The first kappa shape index (κ1) is 22.8. The summed E-state index contributed by atoms with van der Waals surface area (Å²) >= 11 is 0. The quantitative estimate of drug-likeness (QED) is 0.673. The highest BCUT2D eigenvalue weighted by atomic mass is 32.2. The van der Waals surface area contributed by atoms with Gasteiger partial charge < -0.3 is 9.80 Å². The van der Waals surface area contributed by atoms with E-state index in [4.69, 9.17) is 0 Å². The van der Waals surface area contributed by atoms with Gasteiger partial charge in [-0.1, -0.05) is 6.92 Å². The first-order valence-corrected chi connectivity index (χ1v) is 13.9. The molecule has 0 N–H and O–H groups in total. The molecule has 0 aromatic heterocycles. The lowest BCUT2D eigenvalue weighted by Gasteiger charge is -2.36. The van der Waals surface area contributed by atoms with Crippen molar-refractivity contribution in [2.45, 2.75) is 69.7 Å². The number of fused-ring (bicyclic) bond motifs is 1. The Balaban J connectivity index is 1.25. The third kappa shape index (κ3) is 4.32. The number of likely N-dealkylation sites (tertiary alicyclic amines) is 1. The van der Waals surface area contributed by atoms with Crippen molar-refractivity contribution in [2.24, 2.45) is 17.8 Å². The molecule has 1 saturated carbocycles. The maximum atomic E-state index is 13.4. The van der Waals surface area contributed by atoms with E-state index >= 15 is 0 Å². The van der Waals surface area contributed by atoms with Crippen LogP contribution in [0.4, 0.5) is 5.69 Å². The van der Waals surface area contributed by atoms with Crippen molar-refractivity contribution in [3.8, 4) is 0 Å². The molecule has 7 nitrogen and oxygen atoms in total. The van der Waals surface area contributed by atoms with Gasteiger partial charge in [0.2, 0.25) is 21.8 Å². The van der Waals surface area contributed by atoms with Gasteiger partial charge in [-0.25, -0.2) is 8.42 Å². The molecule has 3 heterocycles. The van der Waals surface area contributed by atoms with E-state index in [1.54, 1.807) is 18.2 Å². The molecule has 4 aliphatic rings. The number of hydrogen-bond acceptors (Lipinski definition) is 4. The first-order chi connectivity index (χ1) is 15.8. The number of carbonyl (C=O) groups excluding carboxylic acids is 2. The van der Waals surface area contributed by atoms with Crippen LogP contribution >= 0.6 is 0 Å². The van der Waals surface area contributed by atoms with Crippen molar-refractivity contribution < 1.29 is 18.0 Å². The van der Waals surface area contributed by atoms with Crippen LogP contribution in [0.25, 0.3) is 0 Å². The minimum absolute atomic E-state index is 0.0607. The maximum Gasteiger partial charge on any atom is 0.243 e. The van der Waals surface area contributed by atoms with Crippen molar-refractivity contribution >= 4 is 27.5 Å². The maximum absolute atomic E-state index is 13.4. The summed E-state index contributed by atoms with van der Waals surface area (Å²) < 4.78 is 28.3. The largest absolute Gasteiger partial charge is 0.342 e. The monoisotopic (exact) mass is 473 g/mol. The van der Waals surface area contributed by atoms with E-state index in [2.05, 4.69) is 6.92 Å². The van der Waals surface area contributed by atoms with Crippen LogP contribution in [0.15, 0.2) is 23.1 Å². The van der Waals surface area contributed by atoms with Gasteiger partial charge in [0.25, 0.3) is 0 Å². The van der Waals surface area contributed by atoms with Crippen LogP contribution in [-0.4, -0.2) is 61.7 Å². The zero-order valence-corrected chi connectivity index (χ0v) is 20.5. The van der Waals surface area contributed by atoms with Crippen molar-refractivity contribution in [1.29, 1.82) is 0 Å². The topological polar surface area (TPSA) is 78.0 Å². The van der Waals surface area contributed by atoms with Gasteiger partial charge in [-0.05, 0) is 81.5 Å². The van der Waals surface area contributed by atoms with Crippen molar-refractivity contribution in [3.05, 3.63) is 23.8 Å². The average Bonchev–Trinajstić information content (AvgIpc) is 3.60. The third-order valence-corrected chi connectivity index (χ3v) is 9.86. The van der Waals surface area contributed by atoms with Crippen LogP contribution in [0.5, 0.6) is 0 Å². The molecule has 33 heavy (non-hydrogen) atoms. The van der Waals surface area contributed by atoms with E-state index in [1.165, 1.54) is 4.31 Å². The molecule has 0 unspecified atom stereocenters. The number of amides is 2. The summed E-state index contributed by atoms with van der Waals surface area (Å²) in [4.78, 5) is 29.7. The number of hydrogen-bond donors (Lipinski definition) is 0. The number of anilines is 1. The summed E-state index contributed by atoms with van der Waals surface area (Å²) in [6, 6.07) is 5.27. The molecule has 1 aromatic rings. The van der Waals surface area contributed by atoms with Crippen LogP contribution < -0.4 is 4.90 Å². The van der Waals surface area contributed by atoms with Gasteiger partial charge >= 0.3 is 0 Å². The second-order valence-electron chi connectivity index (χ2n) is 10.5. The van der Waals surface area contributed by atoms with E-state index in [-0.39, 0.29) is 29.7 Å². The number of carbonyl (C=O) groups is 2. The van der Waals surface area contributed by atoms with Crippen LogP contribution in [0.1, 0.15) is 57.9 Å². The summed E-state index contributed by atoms with van der Waals surface area (Å²) in [5.74, 6) is 1.11. The van der Waals surface area contributed by atoms with E-state index < -0.39 is 10.0 Å². The van der Waals surface area contributed by atoms with Crippen LogP contribution in [0.3, 0.4) is 0 Å². The molecular weight excluding hydrogens is 438 g/mol. The van der Waals surface area contributed by atoms with Gasteiger partial charge in [-0.2, -0.15) is 4.31 Å². The molecule has 2 saturated heterocycles. The van der Waals surface area contributed by atoms with E-state index in [1.807, 2.05) is 16.7 Å². The molecule has 1 atom stereocenters. The third-order valence-electron chi connectivity index (χ3n) is 7.97. The average molecular weight is 474 g/mol. The molecule has 8 heteroatoms. The number of nitrogens with zero attached hydrogens (tertiary/aromatic N) is 3. The fraction of sp³-hybridized carbons (Fsp3) is 0.680. The Morgan fingerprint density at radius 2 is 1.48 bits per heavy atom. The molecule has 180 valence electrons. The molecular formula is C25H35N3O4S. The fourth-order valence-corrected chi connectivity index (χ4v) is 7.13. The van der Waals surface area contributed by atoms with Crippen LogP contribution in [0.2, 0.25) is 0 Å². The van der Waals surface area contributed by atoms with Crippen molar-refractivity contribution in [3.63, 3.8) is 0 Å². The Labute approximate surface area is 197 Å². The molecule has 1 aromatic carbocycles. The van der Waals surface area contributed by atoms with Crippen LogP contribution in [0, 0.1) is 17.8 Å². The number of sulfonamides is 1. The Hall–Kier alpha value is -1.93. The van der Waals surface area contributed by atoms with Gasteiger partial charge in [-0.15, -0.1) is 0 Å². The summed E-state index contributed by atoms with van der Waals surface area (Å²) in [6.07, 6.45) is 5.87. The highest BCUT2D eigenvalue weighted by Gasteiger charge is 2.40. The van der Waals surface area contributed by atoms with Gasteiger partial charge in [0.05, 0.1) is 4.90 Å². The minimum atomic E-state index is -3.62. The van der Waals surface area contributed by atoms with Gasteiger partial charge in [0, 0.05) is 49.7 Å². The van der Waals surface area contributed by atoms with Crippen molar-refractivity contribution in [2.75, 3.05) is 31.1 Å². The standard InChI is InChI=1S/C25H35N3O4S/c1-17-7-11-26(12-8-17)24(29)20-9-13-27(14-10-20)33(31,32)22-5-6-23-21(16-22)15-18(2)28(23)25(30)19-3-4-19/h5-6,16-20H,3-4,7-15H2,1-2H3/t18-/m1/s1. The zero-order chi connectivity index (χ0) is 23.3. The summed E-state index contributed by atoms with van der Waals surface area (Å²) in [6.45, 7) is 6.66. The Bertz CT molecular complexity index is 1040. The smallest absolute Gasteiger partial charge is 0.243 e. The van der Waals surface area contributed by atoms with E-state index in [0.717, 1.165) is 50.0 Å². The van der Waals surface area contributed by atoms with E-state index in [9.17, 15) is 18.0 Å². The molecule has 3 aliphatic heterocycles.